The minimum atomic E-state index is 0.228. The Kier molecular flexibility index (Phi) is 5.43. The van der Waals surface area contributed by atoms with Gasteiger partial charge >= 0.3 is 0 Å². The molecule has 1 unspecified atom stereocenters. The predicted octanol–water partition coefficient (Wildman–Crippen LogP) is 2.14. The first kappa shape index (κ1) is 13.1. The average molecular weight is 222 g/mol. The molecule has 0 amide bonds. The maximum Gasteiger partial charge on any atom is 0.0445 e. The molecular weight excluding hydrogens is 200 g/mol. The lowest BCUT2D eigenvalue weighted by Crippen LogP contribution is -2.34. The van der Waals surface area contributed by atoms with E-state index < -0.39 is 0 Å². The van der Waals surface area contributed by atoms with Crippen molar-refractivity contribution in [2.75, 3.05) is 6.61 Å². The van der Waals surface area contributed by atoms with Crippen molar-refractivity contribution < 1.29 is 5.11 Å². The number of aromatic nitrogens is 1. The van der Waals surface area contributed by atoms with Crippen LogP contribution in [0.4, 0.5) is 0 Å². The summed E-state index contributed by atoms with van der Waals surface area (Å²) in [5.74, 6) is 0.505. The number of aliphatic hydroxyl groups excluding tert-OH is 1. The first-order valence-corrected chi connectivity index (χ1v) is 5.92. The highest BCUT2D eigenvalue weighted by Crippen LogP contribution is 2.21. The summed E-state index contributed by atoms with van der Waals surface area (Å²) in [6, 6.07) is 4.67. The summed E-state index contributed by atoms with van der Waals surface area (Å²) >= 11 is 0. The Morgan fingerprint density at radius 3 is 2.62 bits per heavy atom. The third kappa shape index (κ3) is 3.91. The molecule has 16 heavy (non-hydrogen) atoms. The van der Waals surface area contributed by atoms with Crippen molar-refractivity contribution in [3.05, 3.63) is 30.1 Å². The van der Waals surface area contributed by atoms with E-state index in [1.807, 2.05) is 12.3 Å². The Morgan fingerprint density at radius 2 is 2.12 bits per heavy atom. The Balaban J connectivity index is 2.69. The van der Waals surface area contributed by atoms with E-state index in [2.05, 4.69) is 37.1 Å². The Hall–Kier alpha value is -0.930. The predicted molar refractivity (Wildman–Crippen MR) is 66.1 cm³/mol. The molecule has 0 aromatic carbocycles. The third-order valence-corrected chi connectivity index (χ3v) is 2.74. The van der Waals surface area contributed by atoms with Gasteiger partial charge in [0.25, 0.3) is 0 Å². The highest BCUT2D eigenvalue weighted by atomic mass is 16.3. The topological polar surface area (TPSA) is 45.1 Å². The van der Waals surface area contributed by atoms with Crippen LogP contribution in [0, 0.1) is 5.92 Å². The standard InChI is InChI=1S/C13H22N2O/c1-10(2)13(15-11(3)6-8-16)12-5-4-7-14-9-12/h4-5,7,9-11,13,15-16H,6,8H2,1-3H3/t11-,13?/m1/s1. The van der Waals surface area contributed by atoms with Crippen molar-refractivity contribution in [1.29, 1.82) is 0 Å². The number of rotatable bonds is 6. The molecule has 3 nitrogen and oxygen atoms in total. The van der Waals surface area contributed by atoms with Gasteiger partial charge in [-0.05, 0) is 30.9 Å². The molecule has 0 aliphatic rings. The van der Waals surface area contributed by atoms with E-state index in [1.54, 1.807) is 6.20 Å². The van der Waals surface area contributed by atoms with Crippen LogP contribution in [-0.4, -0.2) is 22.7 Å². The second-order valence-electron chi connectivity index (χ2n) is 4.59. The summed E-state index contributed by atoms with van der Waals surface area (Å²) < 4.78 is 0. The first-order chi connectivity index (χ1) is 7.65. The highest BCUT2D eigenvalue weighted by molar-refractivity contribution is 5.14. The summed E-state index contributed by atoms with van der Waals surface area (Å²) in [4.78, 5) is 4.15. The van der Waals surface area contributed by atoms with E-state index in [0.29, 0.717) is 18.0 Å². The second kappa shape index (κ2) is 6.61. The van der Waals surface area contributed by atoms with Crippen molar-refractivity contribution >= 4 is 0 Å². The molecule has 0 aliphatic carbocycles. The zero-order valence-corrected chi connectivity index (χ0v) is 10.4. The van der Waals surface area contributed by atoms with Gasteiger partial charge in [-0.3, -0.25) is 4.98 Å². The van der Waals surface area contributed by atoms with Crippen LogP contribution >= 0.6 is 0 Å². The molecule has 1 heterocycles. The van der Waals surface area contributed by atoms with Gasteiger partial charge in [-0.1, -0.05) is 19.9 Å². The van der Waals surface area contributed by atoms with Crippen LogP contribution in [0.2, 0.25) is 0 Å². The largest absolute Gasteiger partial charge is 0.396 e. The van der Waals surface area contributed by atoms with Crippen LogP contribution < -0.4 is 5.32 Å². The number of pyridine rings is 1. The average Bonchev–Trinajstić information content (AvgIpc) is 2.27. The van der Waals surface area contributed by atoms with Crippen molar-refractivity contribution in [1.82, 2.24) is 10.3 Å². The summed E-state index contributed by atoms with van der Waals surface area (Å²) in [6.45, 7) is 6.71. The monoisotopic (exact) mass is 222 g/mol. The molecule has 0 fully saturated rings. The number of aliphatic hydroxyl groups is 1. The van der Waals surface area contributed by atoms with E-state index in [4.69, 9.17) is 5.11 Å². The SMILES string of the molecule is CC(C)C(N[C@H](C)CCO)c1cccnc1. The molecule has 1 aromatic rings. The molecule has 90 valence electrons. The molecule has 2 N–H and O–H groups in total. The maximum absolute atomic E-state index is 8.91. The zero-order valence-electron chi connectivity index (χ0n) is 10.4. The smallest absolute Gasteiger partial charge is 0.0445 e. The molecule has 2 atom stereocenters. The van der Waals surface area contributed by atoms with Crippen LogP contribution in [0.25, 0.3) is 0 Å². The Labute approximate surface area is 97.9 Å². The van der Waals surface area contributed by atoms with E-state index in [0.717, 1.165) is 6.42 Å². The fourth-order valence-electron chi connectivity index (χ4n) is 1.82. The molecule has 0 aliphatic heterocycles. The van der Waals surface area contributed by atoms with Crippen molar-refractivity contribution in [3.8, 4) is 0 Å². The van der Waals surface area contributed by atoms with Gasteiger partial charge in [0.05, 0.1) is 0 Å². The number of hydrogen-bond acceptors (Lipinski definition) is 3. The van der Waals surface area contributed by atoms with Crippen LogP contribution in [0.15, 0.2) is 24.5 Å². The summed E-state index contributed by atoms with van der Waals surface area (Å²) in [6.07, 6.45) is 4.48. The molecule has 0 radical (unpaired) electrons. The molecule has 0 saturated carbocycles. The zero-order chi connectivity index (χ0) is 12.0. The Morgan fingerprint density at radius 1 is 1.38 bits per heavy atom. The van der Waals surface area contributed by atoms with E-state index in [-0.39, 0.29) is 6.61 Å². The molecular formula is C13H22N2O. The normalized spacial score (nSPS) is 15.1. The molecule has 0 saturated heterocycles. The van der Waals surface area contributed by atoms with Crippen LogP contribution in [0.3, 0.4) is 0 Å². The van der Waals surface area contributed by atoms with Crippen LogP contribution in [-0.2, 0) is 0 Å². The van der Waals surface area contributed by atoms with Gasteiger partial charge < -0.3 is 10.4 Å². The highest BCUT2D eigenvalue weighted by Gasteiger charge is 2.17. The summed E-state index contributed by atoms with van der Waals surface area (Å²) in [7, 11) is 0. The van der Waals surface area contributed by atoms with Gasteiger partial charge in [-0.25, -0.2) is 0 Å². The van der Waals surface area contributed by atoms with E-state index in [1.165, 1.54) is 5.56 Å². The van der Waals surface area contributed by atoms with Crippen molar-refractivity contribution in [2.24, 2.45) is 5.92 Å². The molecule has 0 spiro atoms. The lowest BCUT2D eigenvalue weighted by Gasteiger charge is -2.26. The number of hydrogen-bond donors (Lipinski definition) is 2. The number of nitrogens with zero attached hydrogens (tertiary/aromatic N) is 1. The minimum Gasteiger partial charge on any atom is -0.396 e. The van der Waals surface area contributed by atoms with Gasteiger partial charge in [-0.2, -0.15) is 0 Å². The van der Waals surface area contributed by atoms with Gasteiger partial charge in [0.1, 0.15) is 0 Å². The first-order valence-electron chi connectivity index (χ1n) is 5.92. The number of nitrogens with one attached hydrogen (secondary N) is 1. The molecule has 3 heteroatoms. The molecule has 1 rings (SSSR count). The van der Waals surface area contributed by atoms with Crippen LogP contribution in [0.5, 0.6) is 0 Å². The Bertz CT molecular complexity index is 287. The molecule has 0 bridgehead atoms. The third-order valence-electron chi connectivity index (χ3n) is 2.74. The quantitative estimate of drug-likeness (QED) is 0.775. The lowest BCUT2D eigenvalue weighted by molar-refractivity contribution is 0.255. The fraction of sp³-hybridized carbons (Fsp3) is 0.615. The van der Waals surface area contributed by atoms with Crippen molar-refractivity contribution in [2.45, 2.75) is 39.3 Å². The molecule has 1 aromatic heterocycles. The van der Waals surface area contributed by atoms with Gasteiger partial charge in [0.15, 0.2) is 0 Å². The van der Waals surface area contributed by atoms with Gasteiger partial charge in [-0.15, -0.1) is 0 Å². The van der Waals surface area contributed by atoms with Gasteiger partial charge in [0, 0.05) is 31.1 Å². The van der Waals surface area contributed by atoms with Crippen molar-refractivity contribution in [3.63, 3.8) is 0 Å². The summed E-state index contributed by atoms with van der Waals surface area (Å²) in [5.41, 5.74) is 1.21. The minimum absolute atomic E-state index is 0.228. The van der Waals surface area contributed by atoms with E-state index in [9.17, 15) is 0 Å². The summed E-state index contributed by atoms with van der Waals surface area (Å²) in [5, 5.41) is 12.4. The second-order valence-corrected chi connectivity index (χ2v) is 4.59. The van der Waals surface area contributed by atoms with Gasteiger partial charge in [0.2, 0.25) is 0 Å². The lowest BCUT2D eigenvalue weighted by atomic mass is 9.96. The van der Waals surface area contributed by atoms with Crippen LogP contribution in [0.1, 0.15) is 38.8 Å². The fourth-order valence-corrected chi connectivity index (χ4v) is 1.82. The van der Waals surface area contributed by atoms with E-state index >= 15 is 0 Å². The maximum atomic E-state index is 8.91.